The monoisotopic (exact) mass is 426 g/mol. The molecule has 2 heterocycles. The van der Waals surface area contributed by atoms with E-state index in [1.54, 1.807) is 11.3 Å². The van der Waals surface area contributed by atoms with Crippen LogP contribution in [0.1, 0.15) is 35.9 Å². The number of aryl methyl sites for hydroxylation is 1. The lowest BCUT2D eigenvalue weighted by Crippen LogP contribution is -2.35. The predicted octanol–water partition coefficient (Wildman–Crippen LogP) is 3.76. The summed E-state index contributed by atoms with van der Waals surface area (Å²) in [5.41, 5.74) is 13.8. The SMILES string of the molecule is Cl.Cl.Nc1nc(NCCCc2nc3ccccc3s2)cc(C2CC(N)C2)n1. The number of rotatable bonds is 6. The van der Waals surface area contributed by atoms with Crippen LogP contribution in [0.2, 0.25) is 0 Å². The first-order valence-electron chi connectivity index (χ1n) is 8.66. The van der Waals surface area contributed by atoms with Crippen molar-refractivity contribution in [1.29, 1.82) is 0 Å². The average Bonchev–Trinajstić information content (AvgIpc) is 2.98. The number of hydrogen-bond acceptors (Lipinski definition) is 7. The molecule has 3 aromatic rings. The van der Waals surface area contributed by atoms with Gasteiger partial charge in [0.25, 0.3) is 0 Å². The highest BCUT2D eigenvalue weighted by Crippen LogP contribution is 2.35. The second-order valence-corrected chi connectivity index (χ2v) is 7.69. The number of nitrogens with one attached hydrogen (secondary N) is 1. The Morgan fingerprint density at radius 1 is 1.11 bits per heavy atom. The third-order valence-corrected chi connectivity index (χ3v) is 5.66. The Hall–Kier alpha value is -1.67. The van der Waals surface area contributed by atoms with E-state index in [1.165, 1.54) is 9.71 Å². The molecular formula is C18H24Cl2N6S. The quantitative estimate of drug-likeness (QED) is 0.518. The van der Waals surface area contributed by atoms with E-state index in [0.29, 0.717) is 17.9 Å². The van der Waals surface area contributed by atoms with Gasteiger partial charge < -0.3 is 16.8 Å². The van der Waals surface area contributed by atoms with Crippen LogP contribution in [0, 0.1) is 0 Å². The van der Waals surface area contributed by atoms with Crippen molar-refractivity contribution in [1.82, 2.24) is 15.0 Å². The van der Waals surface area contributed by atoms with Crippen LogP contribution < -0.4 is 16.8 Å². The standard InChI is InChI=1S/C18H22N6S.2ClH/c19-12-8-11(9-12)14-10-16(24-18(20)23-14)21-7-3-6-17-22-13-4-1-2-5-15(13)25-17;;/h1-2,4-5,10-12H,3,6-9,19H2,(H3,20,21,23,24);2*1H. The van der Waals surface area contributed by atoms with Crippen molar-refractivity contribution < 1.29 is 0 Å². The van der Waals surface area contributed by atoms with Gasteiger partial charge >= 0.3 is 0 Å². The molecule has 0 aliphatic heterocycles. The number of nitrogen functional groups attached to an aromatic ring is 1. The van der Waals surface area contributed by atoms with Crippen molar-refractivity contribution >= 4 is 58.1 Å². The Labute approximate surface area is 175 Å². The number of para-hydroxylation sites is 1. The highest BCUT2D eigenvalue weighted by molar-refractivity contribution is 7.18. The number of benzene rings is 1. The summed E-state index contributed by atoms with van der Waals surface area (Å²) < 4.78 is 1.25. The molecule has 1 aliphatic rings. The van der Waals surface area contributed by atoms with Gasteiger partial charge in [-0.2, -0.15) is 4.98 Å². The molecule has 0 amide bonds. The van der Waals surface area contributed by atoms with Crippen LogP contribution >= 0.6 is 36.2 Å². The Morgan fingerprint density at radius 2 is 1.89 bits per heavy atom. The number of aromatic nitrogens is 3. The van der Waals surface area contributed by atoms with Crippen LogP contribution in [-0.2, 0) is 6.42 Å². The normalized spacial score (nSPS) is 18.3. The molecule has 0 unspecified atom stereocenters. The van der Waals surface area contributed by atoms with Crippen molar-refractivity contribution in [2.24, 2.45) is 5.73 Å². The van der Waals surface area contributed by atoms with Gasteiger partial charge in [-0.1, -0.05) is 12.1 Å². The van der Waals surface area contributed by atoms with Gasteiger partial charge in [0.1, 0.15) is 5.82 Å². The van der Waals surface area contributed by atoms with Gasteiger partial charge in [0.2, 0.25) is 5.95 Å². The summed E-state index contributed by atoms with van der Waals surface area (Å²) >= 11 is 1.77. The van der Waals surface area contributed by atoms with Gasteiger partial charge in [-0.15, -0.1) is 36.2 Å². The number of nitrogens with two attached hydrogens (primary N) is 2. The molecule has 0 saturated heterocycles. The highest BCUT2D eigenvalue weighted by atomic mass is 35.5. The van der Waals surface area contributed by atoms with Crippen molar-refractivity contribution in [3.63, 3.8) is 0 Å². The molecule has 5 N–H and O–H groups in total. The Morgan fingerprint density at radius 3 is 2.63 bits per heavy atom. The molecule has 6 nitrogen and oxygen atoms in total. The fourth-order valence-corrected chi connectivity index (χ4v) is 4.18. The van der Waals surface area contributed by atoms with E-state index < -0.39 is 0 Å². The zero-order chi connectivity index (χ0) is 17.2. The topological polar surface area (TPSA) is 103 Å². The van der Waals surface area contributed by atoms with Crippen molar-refractivity contribution in [3.8, 4) is 0 Å². The lowest BCUT2D eigenvalue weighted by Gasteiger charge is -2.32. The minimum Gasteiger partial charge on any atom is -0.370 e. The smallest absolute Gasteiger partial charge is 0.222 e. The van der Waals surface area contributed by atoms with Gasteiger partial charge in [-0.3, -0.25) is 0 Å². The van der Waals surface area contributed by atoms with E-state index in [-0.39, 0.29) is 24.8 Å². The van der Waals surface area contributed by atoms with E-state index in [4.69, 9.17) is 11.5 Å². The lowest BCUT2D eigenvalue weighted by molar-refractivity contribution is 0.345. The van der Waals surface area contributed by atoms with E-state index in [0.717, 1.165) is 49.3 Å². The zero-order valence-corrected chi connectivity index (χ0v) is 17.2. The third kappa shape index (κ3) is 5.19. The lowest BCUT2D eigenvalue weighted by atomic mass is 9.78. The molecule has 9 heteroatoms. The van der Waals surface area contributed by atoms with E-state index >= 15 is 0 Å². The van der Waals surface area contributed by atoms with Gasteiger partial charge in [0, 0.05) is 31.0 Å². The van der Waals surface area contributed by atoms with Gasteiger partial charge in [0.05, 0.1) is 20.9 Å². The van der Waals surface area contributed by atoms with E-state index in [2.05, 4.69) is 38.5 Å². The molecule has 1 aliphatic carbocycles. The molecule has 146 valence electrons. The fraction of sp³-hybridized carbons (Fsp3) is 0.389. The second-order valence-electron chi connectivity index (χ2n) is 6.57. The Bertz CT molecular complexity index is 848. The first-order chi connectivity index (χ1) is 12.2. The minimum absolute atomic E-state index is 0. The van der Waals surface area contributed by atoms with Crippen molar-refractivity contribution in [3.05, 3.63) is 41.0 Å². The summed E-state index contributed by atoms with van der Waals surface area (Å²) in [7, 11) is 0. The maximum Gasteiger partial charge on any atom is 0.222 e. The molecule has 0 spiro atoms. The van der Waals surface area contributed by atoms with Crippen LogP contribution in [0.15, 0.2) is 30.3 Å². The maximum absolute atomic E-state index is 5.87. The molecule has 0 atom stereocenters. The molecule has 0 bridgehead atoms. The summed E-state index contributed by atoms with van der Waals surface area (Å²) in [6.45, 7) is 0.829. The molecular weight excluding hydrogens is 403 g/mol. The summed E-state index contributed by atoms with van der Waals surface area (Å²) in [5, 5.41) is 4.53. The van der Waals surface area contributed by atoms with Gasteiger partial charge in [0.15, 0.2) is 0 Å². The predicted molar refractivity (Wildman–Crippen MR) is 117 cm³/mol. The number of halogens is 2. The number of hydrogen-bond donors (Lipinski definition) is 3. The molecule has 0 radical (unpaired) electrons. The number of thiazole rings is 1. The molecule has 27 heavy (non-hydrogen) atoms. The molecule has 1 aromatic carbocycles. The summed E-state index contributed by atoms with van der Waals surface area (Å²) in [6.07, 6.45) is 3.91. The van der Waals surface area contributed by atoms with Crippen LogP contribution in [0.5, 0.6) is 0 Å². The maximum atomic E-state index is 5.87. The number of fused-ring (bicyclic) bond motifs is 1. The van der Waals surface area contributed by atoms with Crippen LogP contribution in [0.4, 0.5) is 11.8 Å². The highest BCUT2D eigenvalue weighted by Gasteiger charge is 2.29. The Balaban J connectivity index is 0.00000131. The minimum atomic E-state index is 0. The molecule has 4 rings (SSSR count). The van der Waals surface area contributed by atoms with Crippen molar-refractivity contribution in [2.45, 2.75) is 37.6 Å². The summed E-state index contributed by atoms with van der Waals surface area (Å²) in [6, 6.07) is 10.6. The molecule has 1 fully saturated rings. The average molecular weight is 427 g/mol. The first-order valence-corrected chi connectivity index (χ1v) is 9.47. The summed E-state index contributed by atoms with van der Waals surface area (Å²) in [4.78, 5) is 13.3. The fourth-order valence-electron chi connectivity index (χ4n) is 3.17. The zero-order valence-electron chi connectivity index (χ0n) is 14.8. The van der Waals surface area contributed by atoms with Crippen LogP contribution in [-0.4, -0.2) is 27.5 Å². The second kappa shape index (κ2) is 9.50. The van der Waals surface area contributed by atoms with Crippen LogP contribution in [0.3, 0.4) is 0 Å². The van der Waals surface area contributed by atoms with Gasteiger partial charge in [-0.05, 0) is 31.4 Å². The first kappa shape index (κ1) is 21.6. The Kier molecular flexibility index (Phi) is 7.61. The largest absolute Gasteiger partial charge is 0.370 e. The number of anilines is 2. The number of nitrogens with zero attached hydrogens (tertiary/aromatic N) is 3. The third-order valence-electron chi connectivity index (χ3n) is 4.57. The van der Waals surface area contributed by atoms with Gasteiger partial charge in [-0.25, -0.2) is 9.97 Å². The van der Waals surface area contributed by atoms with Crippen LogP contribution in [0.25, 0.3) is 10.2 Å². The molecule has 1 saturated carbocycles. The summed E-state index contributed by atoms with van der Waals surface area (Å²) in [5.74, 6) is 1.54. The van der Waals surface area contributed by atoms with Crippen molar-refractivity contribution in [2.75, 3.05) is 17.6 Å². The van der Waals surface area contributed by atoms with E-state index in [1.807, 2.05) is 12.1 Å². The van der Waals surface area contributed by atoms with E-state index in [9.17, 15) is 0 Å². The molecule has 2 aromatic heterocycles.